The van der Waals surface area contributed by atoms with Gasteiger partial charge in [-0.3, -0.25) is 4.79 Å². The molecular weight excluding hydrogens is 699 g/mol. The molecule has 3 aromatic heterocycles. The van der Waals surface area contributed by atoms with Gasteiger partial charge in [-0.2, -0.15) is 11.6 Å². The predicted octanol–water partition coefficient (Wildman–Crippen LogP) is 10.3. The molecular formula is C33H36IrNO2S2-. The van der Waals surface area contributed by atoms with E-state index in [2.05, 4.69) is 65.8 Å². The third-order valence-corrected chi connectivity index (χ3v) is 9.50. The van der Waals surface area contributed by atoms with Crippen molar-refractivity contribution in [1.29, 1.82) is 0 Å². The molecule has 2 aromatic carbocycles. The first-order valence-electron chi connectivity index (χ1n) is 13.5. The molecule has 5 rings (SSSR count). The molecule has 0 aliphatic carbocycles. The van der Waals surface area contributed by atoms with Gasteiger partial charge in [0.1, 0.15) is 0 Å². The normalized spacial score (nSPS) is 11.7. The maximum atomic E-state index is 11.7. The zero-order chi connectivity index (χ0) is 27.2. The third kappa shape index (κ3) is 6.86. The molecule has 0 aliphatic heterocycles. The Morgan fingerprint density at radius 3 is 2.23 bits per heavy atom. The van der Waals surface area contributed by atoms with Crippen LogP contribution in [0.3, 0.4) is 0 Å². The zero-order valence-electron chi connectivity index (χ0n) is 23.2. The second kappa shape index (κ2) is 14.3. The number of aromatic nitrogens is 1. The van der Waals surface area contributed by atoms with Gasteiger partial charge in [0.2, 0.25) is 0 Å². The van der Waals surface area contributed by atoms with Crippen molar-refractivity contribution in [3.05, 3.63) is 77.5 Å². The Morgan fingerprint density at radius 2 is 1.59 bits per heavy atom. The minimum atomic E-state index is 0. The van der Waals surface area contributed by atoms with Crippen molar-refractivity contribution in [2.24, 2.45) is 11.8 Å². The van der Waals surface area contributed by atoms with Crippen LogP contribution in [0.2, 0.25) is 0 Å². The molecule has 0 fully saturated rings. The molecule has 3 heterocycles. The van der Waals surface area contributed by atoms with E-state index >= 15 is 0 Å². The standard InChI is InChI=1S/C20H12NS2.C13H24O2.Ir/c1-12-10-17(22-11-12)18-20-16(8-9-21-18)15-7-6-13-4-2-3-5-14(13)19(15)23-20;1-5-10(6-2)12(14)9-13(15)11(7-3)8-4;/h2-9,11H,1H3;9-11,14H,5-8H2,1-4H3;/q-1;;/b;12-9-;. The SMILES string of the molecule is CCC(CC)C(=O)/C=C(\O)C(CC)CC.Cc1[c-]c(-c2nccc3c2sc2c4ccccc4ccc32)sc1.[Ir]. The summed E-state index contributed by atoms with van der Waals surface area (Å²) in [6, 6.07) is 18.6. The van der Waals surface area contributed by atoms with E-state index in [1.807, 2.05) is 45.2 Å². The summed E-state index contributed by atoms with van der Waals surface area (Å²) in [5.41, 5.74) is 2.24. The van der Waals surface area contributed by atoms with Crippen LogP contribution in [0.15, 0.2) is 65.9 Å². The third-order valence-electron chi connectivity index (χ3n) is 7.24. The zero-order valence-corrected chi connectivity index (χ0v) is 27.2. The first kappa shape index (κ1) is 31.2. The van der Waals surface area contributed by atoms with E-state index in [0.717, 1.165) is 36.3 Å². The number of ketones is 1. The van der Waals surface area contributed by atoms with Crippen LogP contribution in [0.5, 0.6) is 0 Å². The minimum absolute atomic E-state index is 0. The van der Waals surface area contributed by atoms with Crippen LogP contribution in [-0.4, -0.2) is 15.9 Å². The number of nitrogens with zero attached hydrogens (tertiary/aromatic N) is 1. The molecule has 3 nitrogen and oxygen atoms in total. The molecule has 0 saturated carbocycles. The first-order valence-corrected chi connectivity index (χ1v) is 15.2. The minimum Gasteiger partial charge on any atom is -0.512 e. The Kier molecular flexibility index (Phi) is 11.4. The number of hydrogen-bond acceptors (Lipinski definition) is 5. The number of carbonyl (C=O) groups is 1. The maximum absolute atomic E-state index is 11.7. The fourth-order valence-corrected chi connectivity index (χ4v) is 7.10. The first-order chi connectivity index (χ1) is 18.4. The molecule has 5 aromatic rings. The van der Waals surface area contributed by atoms with Crippen LogP contribution in [0.1, 0.15) is 58.9 Å². The number of carbonyl (C=O) groups excluding carboxylic acids is 1. The number of aliphatic hydroxyl groups excluding tert-OH is 1. The number of thiophene rings is 2. The molecule has 0 bridgehead atoms. The van der Waals surface area contributed by atoms with Gasteiger partial charge < -0.3 is 10.1 Å². The summed E-state index contributed by atoms with van der Waals surface area (Å²) in [4.78, 5) is 17.5. The van der Waals surface area contributed by atoms with E-state index in [1.165, 1.54) is 42.6 Å². The summed E-state index contributed by atoms with van der Waals surface area (Å²) < 4.78 is 2.61. The Balaban J connectivity index is 0.000000233. The largest absolute Gasteiger partial charge is 0.512 e. The van der Waals surface area contributed by atoms with Crippen LogP contribution in [0, 0.1) is 24.8 Å². The molecule has 0 saturated heterocycles. The summed E-state index contributed by atoms with van der Waals surface area (Å²) in [5.74, 6) is 0.547. The van der Waals surface area contributed by atoms with E-state index in [-0.39, 0.29) is 43.5 Å². The maximum Gasteiger partial charge on any atom is 0.162 e. The monoisotopic (exact) mass is 735 g/mol. The van der Waals surface area contributed by atoms with E-state index in [0.29, 0.717) is 0 Å². The molecule has 39 heavy (non-hydrogen) atoms. The van der Waals surface area contributed by atoms with Gasteiger partial charge in [-0.1, -0.05) is 75.9 Å². The second-order valence-electron chi connectivity index (χ2n) is 9.67. The Morgan fingerprint density at radius 1 is 0.923 bits per heavy atom. The fraction of sp³-hybridized carbons (Fsp3) is 0.333. The summed E-state index contributed by atoms with van der Waals surface area (Å²) >= 11 is 3.57. The molecule has 1 N–H and O–H groups in total. The van der Waals surface area contributed by atoms with Crippen LogP contribution < -0.4 is 0 Å². The van der Waals surface area contributed by atoms with Gasteiger partial charge >= 0.3 is 0 Å². The predicted molar refractivity (Wildman–Crippen MR) is 165 cm³/mol. The number of aryl methyl sites for hydroxylation is 1. The molecule has 207 valence electrons. The van der Waals surface area contributed by atoms with Crippen molar-refractivity contribution in [1.82, 2.24) is 4.98 Å². The summed E-state index contributed by atoms with van der Waals surface area (Å²) in [7, 11) is 0. The number of rotatable bonds is 8. The molecule has 6 heteroatoms. The van der Waals surface area contributed by atoms with Gasteiger partial charge in [-0.25, -0.2) is 11.3 Å². The van der Waals surface area contributed by atoms with Gasteiger partial charge in [0.05, 0.1) is 5.76 Å². The fourth-order valence-electron chi connectivity index (χ4n) is 4.87. The molecule has 0 aliphatic rings. The quantitative estimate of drug-likeness (QED) is 0.0981. The van der Waals surface area contributed by atoms with E-state index in [9.17, 15) is 9.90 Å². The van der Waals surface area contributed by atoms with Crippen molar-refractivity contribution >= 4 is 59.4 Å². The van der Waals surface area contributed by atoms with Crippen molar-refractivity contribution < 1.29 is 30.0 Å². The van der Waals surface area contributed by atoms with Gasteiger partial charge in [-0.05, 0) is 59.0 Å². The molecule has 1 radical (unpaired) electrons. The van der Waals surface area contributed by atoms with Crippen LogP contribution in [0.25, 0.3) is 41.5 Å². The van der Waals surface area contributed by atoms with Gasteiger partial charge in [0.25, 0.3) is 0 Å². The average Bonchev–Trinajstić information content (AvgIpc) is 3.54. The molecule has 0 atom stereocenters. The summed E-state index contributed by atoms with van der Waals surface area (Å²) in [6.45, 7) is 10.2. The van der Waals surface area contributed by atoms with Gasteiger partial charge in [-0.15, -0.1) is 16.7 Å². The number of fused-ring (bicyclic) bond motifs is 5. The van der Waals surface area contributed by atoms with Crippen LogP contribution in [-0.2, 0) is 24.9 Å². The van der Waals surface area contributed by atoms with E-state index < -0.39 is 0 Å². The molecule has 0 spiro atoms. The van der Waals surface area contributed by atoms with Crippen molar-refractivity contribution in [3.63, 3.8) is 0 Å². The van der Waals surface area contributed by atoms with E-state index in [1.54, 1.807) is 11.3 Å². The number of hydrogen-bond donors (Lipinski definition) is 1. The van der Waals surface area contributed by atoms with Gasteiger partial charge in [0, 0.05) is 53.6 Å². The summed E-state index contributed by atoms with van der Waals surface area (Å²) in [5, 5.41) is 17.1. The van der Waals surface area contributed by atoms with Gasteiger partial charge in [0.15, 0.2) is 5.78 Å². The van der Waals surface area contributed by atoms with E-state index in [4.69, 9.17) is 0 Å². The topological polar surface area (TPSA) is 50.2 Å². The molecule has 0 unspecified atom stereocenters. The summed E-state index contributed by atoms with van der Waals surface area (Å²) in [6.07, 6.45) is 6.82. The van der Waals surface area contributed by atoms with Crippen molar-refractivity contribution in [2.75, 3.05) is 0 Å². The number of pyridine rings is 1. The van der Waals surface area contributed by atoms with Crippen molar-refractivity contribution in [2.45, 2.75) is 60.3 Å². The van der Waals surface area contributed by atoms with Crippen molar-refractivity contribution in [3.8, 4) is 10.6 Å². The Labute approximate surface area is 253 Å². The second-order valence-corrected chi connectivity index (χ2v) is 11.6. The Bertz CT molecular complexity index is 1580. The number of allylic oxidation sites excluding steroid dienone is 2. The smallest absolute Gasteiger partial charge is 0.162 e. The van der Waals surface area contributed by atoms with Crippen LogP contribution >= 0.6 is 22.7 Å². The van der Waals surface area contributed by atoms with Crippen LogP contribution in [0.4, 0.5) is 0 Å². The number of benzene rings is 2. The average molecular weight is 735 g/mol. The molecule has 0 amide bonds. The Hall–Kier alpha value is -2.37. The number of aliphatic hydroxyl groups is 1.